The third-order valence-electron chi connectivity index (χ3n) is 15.1. The van der Waals surface area contributed by atoms with Crippen molar-refractivity contribution in [1.29, 1.82) is 0 Å². The van der Waals surface area contributed by atoms with Gasteiger partial charge in [-0.2, -0.15) is 0 Å². The highest BCUT2D eigenvalue weighted by Crippen LogP contribution is 2.67. The Morgan fingerprint density at radius 3 is 1.22 bits per heavy atom. The van der Waals surface area contributed by atoms with E-state index >= 15 is 0 Å². The van der Waals surface area contributed by atoms with Gasteiger partial charge in [0.05, 0.1) is 16.5 Å². The number of para-hydroxylation sites is 1. The molecule has 14 rings (SSSR count). The second kappa shape index (κ2) is 14.5. The van der Waals surface area contributed by atoms with Crippen molar-refractivity contribution in [3.63, 3.8) is 0 Å². The fourth-order valence-electron chi connectivity index (χ4n) is 12.5. The maximum absolute atomic E-state index is 2.47. The minimum absolute atomic E-state index is 0.472. The number of benzene rings is 11. The molecule has 0 heterocycles. The molecule has 3 aliphatic rings. The zero-order valence-corrected chi connectivity index (χ0v) is 36.8. The van der Waals surface area contributed by atoms with Crippen molar-refractivity contribution in [3.05, 3.63) is 305 Å². The molecular weight excluding hydrogens is 807 g/mol. The first-order valence-corrected chi connectivity index (χ1v) is 23.4. The molecule has 67 heavy (non-hydrogen) atoms. The number of rotatable bonds is 5. The fraction of sp³-hybridized carbons (Fsp3) is 0.0303. The van der Waals surface area contributed by atoms with Gasteiger partial charge in [0.1, 0.15) is 0 Å². The first kappa shape index (κ1) is 37.8. The molecule has 2 spiro atoms. The van der Waals surface area contributed by atoms with Gasteiger partial charge >= 0.3 is 0 Å². The van der Waals surface area contributed by atoms with Gasteiger partial charge in [0.15, 0.2) is 0 Å². The average Bonchev–Trinajstić information content (AvgIpc) is 3.86. The van der Waals surface area contributed by atoms with Gasteiger partial charge in [-0.15, -0.1) is 0 Å². The Balaban J connectivity index is 1.00. The maximum Gasteiger partial charge on any atom is 0.0720 e. The van der Waals surface area contributed by atoms with Crippen LogP contribution in [0.15, 0.2) is 261 Å². The van der Waals surface area contributed by atoms with Crippen molar-refractivity contribution in [2.45, 2.75) is 10.8 Å². The second-order valence-corrected chi connectivity index (χ2v) is 18.3. The van der Waals surface area contributed by atoms with E-state index < -0.39 is 10.8 Å². The molecule has 0 aliphatic heterocycles. The zero-order valence-electron chi connectivity index (χ0n) is 36.8. The van der Waals surface area contributed by atoms with Crippen LogP contribution >= 0.6 is 0 Å². The lowest BCUT2D eigenvalue weighted by Gasteiger charge is -2.48. The molecule has 0 N–H and O–H groups in total. The maximum atomic E-state index is 2.47. The molecular formula is C66H43N. The summed E-state index contributed by atoms with van der Waals surface area (Å²) < 4.78 is 0. The van der Waals surface area contributed by atoms with Crippen molar-refractivity contribution < 1.29 is 0 Å². The van der Waals surface area contributed by atoms with Crippen molar-refractivity contribution >= 4 is 27.8 Å². The smallest absolute Gasteiger partial charge is 0.0720 e. The Bertz CT molecular complexity index is 3670. The molecule has 0 fully saturated rings. The van der Waals surface area contributed by atoms with E-state index in [0.29, 0.717) is 0 Å². The molecule has 11 aromatic carbocycles. The summed E-state index contributed by atoms with van der Waals surface area (Å²) in [6.07, 6.45) is 0. The van der Waals surface area contributed by atoms with Gasteiger partial charge in [-0.05, 0) is 131 Å². The van der Waals surface area contributed by atoms with E-state index in [4.69, 9.17) is 0 Å². The summed E-state index contributed by atoms with van der Waals surface area (Å²) >= 11 is 0. The van der Waals surface area contributed by atoms with Crippen LogP contribution in [0.25, 0.3) is 55.3 Å². The van der Waals surface area contributed by atoms with Crippen molar-refractivity contribution in [1.82, 2.24) is 0 Å². The molecule has 0 saturated heterocycles. The monoisotopic (exact) mass is 849 g/mol. The Morgan fingerprint density at radius 2 is 0.642 bits per heavy atom. The Labute approximate surface area is 391 Å². The standard InChI is InChI=1S/C66H43N/c1-2-19-46(20-3-1)51-22-9-17-33-64(51)67(49-38-36-45(37-39-49)48-35-34-44-18-4-5-21-47(44)42-48)50-40-41-59-55(43-50)54-25-8-12-28-58(54)66(59)62-31-15-13-29-60(62)65(61-30-14-16-32-63(61)66)56-26-10-6-23-52(56)53-24-7-11-27-57(53)65/h1-43H. The minimum atomic E-state index is -0.552. The van der Waals surface area contributed by atoms with E-state index in [2.05, 4.69) is 266 Å². The van der Waals surface area contributed by atoms with Crippen LogP contribution in [0.1, 0.15) is 44.5 Å². The van der Waals surface area contributed by atoms with Crippen LogP contribution in [0.5, 0.6) is 0 Å². The molecule has 11 aromatic rings. The number of hydrogen-bond acceptors (Lipinski definition) is 1. The molecule has 0 atom stereocenters. The van der Waals surface area contributed by atoms with Crippen LogP contribution in [0.4, 0.5) is 17.1 Å². The number of anilines is 3. The van der Waals surface area contributed by atoms with Crippen molar-refractivity contribution in [3.8, 4) is 44.5 Å². The van der Waals surface area contributed by atoms with E-state index in [1.54, 1.807) is 0 Å². The van der Waals surface area contributed by atoms with Gasteiger partial charge in [0, 0.05) is 16.9 Å². The number of hydrogen-bond donors (Lipinski definition) is 0. The largest absolute Gasteiger partial charge is 0.310 e. The molecule has 0 amide bonds. The number of nitrogens with zero attached hydrogens (tertiary/aromatic N) is 1. The molecule has 312 valence electrons. The lowest BCUT2D eigenvalue weighted by atomic mass is 9.52. The quantitative estimate of drug-likeness (QED) is 0.167. The van der Waals surface area contributed by atoms with E-state index in [-0.39, 0.29) is 0 Å². The summed E-state index contributed by atoms with van der Waals surface area (Å²) in [4.78, 5) is 2.46. The fourth-order valence-corrected chi connectivity index (χ4v) is 12.5. The van der Waals surface area contributed by atoms with Crippen LogP contribution in [0.2, 0.25) is 0 Å². The lowest BCUT2D eigenvalue weighted by Crippen LogP contribution is -2.43. The van der Waals surface area contributed by atoms with Gasteiger partial charge < -0.3 is 4.90 Å². The average molecular weight is 850 g/mol. The minimum Gasteiger partial charge on any atom is -0.310 e. The Hall–Kier alpha value is -8.52. The summed E-state index contributed by atoms with van der Waals surface area (Å²) in [6, 6.07) is 97.6. The molecule has 1 nitrogen and oxygen atoms in total. The normalized spacial score (nSPS) is 13.9. The Morgan fingerprint density at radius 1 is 0.224 bits per heavy atom. The molecule has 0 saturated carbocycles. The van der Waals surface area contributed by atoms with Crippen molar-refractivity contribution in [2.75, 3.05) is 4.90 Å². The zero-order chi connectivity index (χ0) is 44.1. The lowest BCUT2D eigenvalue weighted by molar-refractivity contribution is 0.633. The highest BCUT2D eigenvalue weighted by atomic mass is 15.1. The van der Waals surface area contributed by atoms with Crippen LogP contribution in [0, 0.1) is 0 Å². The van der Waals surface area contributed by atoms with Gasteiger partial charge in [-0.25, -0.2) is 0 Å². The third-order valence-corrected chi connectivity index (χ3v) is 15.1. The van der Waals surface area contributed by atoms with Crippen LogP contribution in [0.3, 0.4) is 0 Å². The van der Waals surface area contributed by atoms with Crippen LogP contribution in [-0.2, 0) is 10.8 Å². The van der Waals surface area contributed by atoms with Gasteiger partial charge in [-0.1, -0.05) is 224 Å². The van der Waals surface area contributed by atoms with E-state index in [1.807, 2.05) is 0 Å². The first-order chi connectivity index (χ1) is 33.2. The van der Waals surface area contributed by atoms with Gasteiger partial charge in [-0.3, -0.25) is 0 Å². The van der Waals surface area contributed by atoms with E-state index in [1.165, 1.54) is 99.8 Å². The predicted octanol–water partition coefficient (Wildman–Crippen LogP) is 16.7. The Kier molecular flexibility index (Phi) is 8.18. The number of fused-ring (bicyclic) bond motifs is 17. The molecule has 1 heteroatoms. The van der Waals surface area contributed by atoms with E-state index in [9.17, 15) is 0 Å². The molecule has 0 aromatic heterocycles. The SMILES string of the molecule is c1ccc(-c2ccccc2N(c2ccc(-c3ccc4ccccc4c3)cc2)c2ccc3c(c2)-c2ccccc2C32c3ccccc3C3(c4ccccc4-c4ccccc43)c3ccccc32)cc1. The van der Waals surface area contributed by atoms with Crippen molar-refractivity contribution in [2.24, 2.45) is 0 Å². The topological polar surface area (TPSA) is 3.24 Å². The van der Waals surface area contributed by atoms with Crippen LogP contribution in [-0.4, -0.2) is 0 Å². The molecule has 0 radical (unpaired) electrons. The summed E-state index contributed by atoms with van der Waals surface area (Å²) in [5.41, 5.74) is 23.0. The first-order valence-electron chi connectivity index (χ1n) is 23.4. The third kappa shape index (κ3) is 5.20. The van der Waals surface area contributed by atoms with Gasteiger partial charge in [0.2, 0.25) is 0 Å². The predicted molar refractivity (Wildman–Crippen MR) is 278 cm³/mol. The molecule has 3 aliphatic carbocycles. The molecule has 0 bridgehead atoms. The van der Waals surface area contributed by atoms with E-state index in [0.717, 1.165) is 17.1 Å². The summed E-state index contributed by atoms with van der Waals surface area (Å²) in [5.74, 6) is 0. The molecule has 0 unspecified atom stereocenters. The summed E-state index contributed by atoms with van der Waals surface area (Å²) in [6.45, 7) is 0. The second-order valence-electron chi connectivity index (χ2n) is 18.3. The summed E-state index contributed by atoms with van der Waals surface area (Å²) in [5, 5.41) is 2.50. The van der Waals surface area contributed by atoms with Gasteiger partial charge in [0.25, 0.3) is 0 Å². The highest BCUT2D eigenvalue weighted by Gasteiger charge is 2.58. The van der Waals surface area contributed by atoms with Crippen LogP contribution < -0.4 is 4.90 Å². The summed E-state index contributed by atoms with van der Waals surface area (Å²) in [7, 11) is 0. The highest BCUT2D eigenvalue weighted by molar-refractivity contribution is 5.97.